The minimum Gasteiger partial charge on any atom is -0.493 e. The van der Waals surface area contributed by atoms with Gasteiger partial charge >= 0.3 is 11.7 Å². The van der Waals surface area contributed by atoms with Crippen LogP contribution in [0.3, 0.4) is 0 Å². The third kappa shape index (κ3) is 7.65. The number of halogens is 2. The van der Waals surface area contributed by atoms with E-state index in [1.165, 1.54) is 25.8 Å². The molecule has 6 aromatic rings. The predicted molar refractivity (Wildman–Crippen MR) is 203 cm³/mol. The zero-order valence-corrected chi connectivity index (χ0v) is 30.3. The second-order valence-electron chi connectivity index (χ2n) is 11.8. The molecule has 1 fully saturated rings. The zero-order chi connectivity index (χ0) is 37.1. The lowest BCUT2D eigenvalue weighted by molar-refractivity contribution is 0.122. The minimum atomic E-state index is -0.542. The summed E-state index contributed by atoms with van der Waals surface area (Å²) in [4.78, 5) is 46.5. The molecule has 0 unspecified atom stereocenters. The molecular formula is C35H33Cl2N11O5. The Morgan fingerprint density at radius 1 is 0.906 bits per heavy atom. The minimum absolute atomic E-state index is 0.0384. The van der Waals surface area contributed by atoms with Crippen LogP contribution in [-0.2, 0) is 25.4 Å². The highest BCUT2D eigenvalue weighted by atomic mass is 35.5. The second kappa shape index (κ2) is 15.3. The van der Waals surface area contributed by atoms with Crippen LogP contribution in [0.4, 0.5) is 23.5 Å². The summed E-state index contributed by atoms with van der Waals surface area (Å²) in [5.74, 6) is 1.73. The first-order valence-corrected chi connectivity index (χ1v) is 17.1. The smallest absolute Gasteiger partial charge is 0.332 e. The van der Waals surface area contributed by atoms with Crippen molar-refractivity contribution in [2.75, 3.05) is 49.1 Å². The third-order valence-electron chi connectivity index (χ3n) is 8.37. The number of aromatic nitrogens is 7. The van der Waals surface area contributed by atoms with Crippen LogP contribution < -0.4 is 36.4 Å². The van der Waals surface area contributed by atoms with Crippen LogP contribution in [-0.4, -0.2) is 73.3 Å². The van der Waals surface area contributed by atoms with Gasteiger partial charge in [-0.05, 0) is 53.6 Å². The van der Waals surface area contributed by atoms with E-state index in [0.717, 1.165) is 10.3 Å². The SMILES string of the molecule is COc1cc(/C=N\Nc2nc(Nc3ccccc3)nc(N3CCOCC3)n2)ccc1Oc1nc2c(c(=O)n(C)c(=O)n2C)n1Cc1ccc(Cl)cc1Cl. The topological polar surface area (TPSA) is 168 Å². The first-order chi connectivity index (χ1) is 25.7. The molecule has 0 atom stereocenters. The van der Waals surface area contributed by atoms with Gasteiger partial charge in [-0.2, -0.15) is 25.0 Å². The zero-order valence-electron chi connectivity index (χ0n) is 28.8. The number of hydrazone groups is 1. The molecule has 0 spiro atoms. The van der Waals surface area contributed by atoms with Crippen LogP contribution in [0.2, 0.25) is 10.0 Å². The summed E-state index contributed by atoms with van der Waals surface area (Å²) in [5.41, 5.74) is 4.27. The molecule has 0 aliphatic carbocycles. The van der Waals surface area contributed by atoms with E-state index in [2.05, 4.69) is 35.8 Å². The number of methoxy groups -OCH3 is 1. The molecule has 18 heteroatoms. The Kier molecular flexibility index (Phi) is 10.2. The number of nitrogens with zero attached hydrogens (tertiary/aromatic N) is 9. The van der Waals surface area contributed by atoms with E-state index in [4.69, 9.17) is 37.4 Å². The molecule has 7 rings (SSSR count). The number of benzene rings is 3. The van der Waals surface area contributed by atoms with Crippen molar-refractivity contribution in [3.05, 3.63) is 109 Å². The van der Waals surface area contributed by atoms with Crippen molar-refractivity contribution in [2.45, 2.75) is 6.54 Å². The highest BCUT2D eigenvalue weighted by molar-refractivity contribution is 6.35. The van der Waals surface area contributed by atoms with E-state index in [1.54, 1.807) is 47.2 Å². The predicted octanol–water partition coefficient (Wildman–Crippen LogP) is 4.80. The van der Waals surface area contributed by atoms with Crippen molar-refractivity contribution in [1.82, 2.24) is 33.6 Å². The van der Waals surface area contributed by atoms with Gasteiger partial charge in [-0.1, -0.05) is 47.5 Å². The summed E-state index contributed by atoms with van der Waals surface area (Å²) in [5, 5.41) is 8.44. The number of ether oxygens (including phenoxy) is 3. The Labute approximate surface area is 312 Å². The first kappa shape index (κ1) is 35.4. The molecule has 1 aliphatic rings. The lowest BCUT2D eigenvalue weighted by Crippen LogP contribution is -2.37. The number of anilines is 4. The maximum atomic E-state index is 13.4. The Bertz CT molecular complexity index is 2440. The van der Waals surface area contributed by atoms with E-state index in [9.17, 15) is 9.59 Å². The molecule has 0 bridgehead atoms. The number of para-hydroxylation sites is 1. The van der Waals surface area contributed by atoms with Gasteiger partial charge in [0.1, 0.15) is 0 Å². The number of rotatable bonds is 11. The summed E-state index contributed by atoms with van der Waals surface area (Å²) >= 11 is 12.6. The van der Waals surface area contributed by atoms with Gasteiger partial charge in [-0.3, -0.25) is 18.5 Å². The first-order valence-electron chi connectivity index (χ1n) is 16.3. The number of hydrogen-bond donors (Lipinski definition) is 2. The van der Waals surface area contributed by atoms with Crippen molar-refractivity contribution >= 4 is 64.1 Å². The lowest BCUT2D eigenvalue weighted by Gasteiger charge is -2.27. The van der Waals surface area contributed by atoms with Gasteiger partial charge in [0.2, 0.25) is 17.8 Å². The molecule has 2 N–H and O–H groups in total. The van der Waals surface area contributed by atoms with E-state index >= 15 is 0 Å². The molecular weight excluding hydrogens is 725 g/mol. The van der Waals surface area contributed by atoms with Crippen molar-refractivity contribution < 1.29 is 14.2 Å². The van der Waals surface area contributed by atoms with Crippen LogP contribution in [0.5, 0.6) is 17.5 Å². The molecule has 4 heterocycles. The summed E-state index contributed by atoms with van der Waals surface area (Å²) in [6, 6.07) is 19.8. The van der Waals surface area contributed by atoms with Gasteiger partial charge in [0.25, 0.3) is 5.56 Å². The highest BCUT2D eigenvalue weighted by Crippen LogP contribution is 2.34. The molecule has 0 radical (unpaired) electrons. The standard InChI is InChI=1S/C35H33Cl2N11O5/c1-45-29-28(30(49)46(2)35(45)50)48(20-22-10-11-23(36)18-25(22)37)34(40-29)53-26-12-9-21(17-27(26)51-3)19-38-44-32-41-31(39-24-7-5-4-6-8-24)42-33(43-32)47-13-15-52-16-14-47/h4-12,17-19H,13-16,20H2,1-3H3,(H2,39,41,42,43,44)/b38-19-. The highest BCUT2D eigenvalue weighted by Gasteiger charge is 2.23. The molecule has 0 saturated carbocycles. The summed E-state index contributed by atoms with van der Waals surface area (Å²) in [6.45, 7) is 2.53. The molecule has 272 valence electrons. The molecule has 16 nitrogen and oxygen atoms in total. The molecule has 53 heavy (non-hydrogen) atoms. The number of nitrogens with one attached hydrogen (secondary N) is 2. The monoisotopic (exact) mass is 757 g/mol. The number of morpholine rings is 1. The fourth-order valence-corrected chi connectivity index (χ4v) is 6.08. The van der Waals surface area contributed by atoms with Crippen molar-refractivity contribution in [3.8, 4) is 17.5 Å². The Morgan fingerprint density at radius 3 is 2.43 bits per heavy atom. The lowest BCUT2D eigenvalue weighted by atomic mass is 10.2. The van der Waals surface area contributed by atoms with Crippen LogP contribution >= 0.6 is 23.2 Å². The molecule has 1 saturated heterocycles. The maximum absolute atomic E-state index is 13.4. The van der Waals surface area contributed by atoms with Crippen LogP contribution in [0, 0.1) is 0 Å². The maximum Gasteiger partial charge on any atom is 0.332 e. The van der Waals surface area contributed by atoms with Crippen molar-refractivity contribution in [3.63, 3.8) is 0 Å². The number of imidazole rings is 1. The Balaban J connectivity index is 1.17. The van der Waals surface area contributed by atoms with Gasteiger partial charge in [-0.25, -0.2) is 10.2 Å². The molecule has 0 amide bonds. The van der Waals surface area contributed by atoms with E-state index in [1.807, 2.05) is 35.2 Å². The van der Waals surface area contributed by atoms with Crippen molar-refractivity contribution in [2.24, 2.45) is 19.2 Å². The number of aryl methyl sites for hydroxylation is 1. The second-order valence-corrected chi connectivity index (χ2v) is 12.7. The normalized spacial score (nSPS) is 13.1. The number of hydrogen-bond acceptors (Lipinski definition) is 13. The summed E-state index contributed by atoms with van der Waals surface area (Å²) < 4.78 is 21.3. The largest absolute Gasteiger partial charge is 0.493 e. The van der Waals surface area contributed by atoms with Gasteiger partial charge in [0.15, 0.2) is 22.7 Å². The molecule has 1 aliphatic heterocycles. The van der Waals surface area contributed by atoms with Crippen LogP contribution in [0.25, 0.3) is 11.2 Å². The Hall–Kier alpha value is -5.97. The quantitative estimate of drug-likeness (QED) is 0.137. The average Bonchev–Trinajstić information content (AvgIpc) is 3.52. The number of fused-ring (bicyclic) bond motifs is 1. The van der Waals surface area contributed by atoms with Crippen LogP contribution in [0.15, 0.2) is 81.4 Å². The van der Waals surface area contributed by atoms with E-state index in [0.29, 0.717) is 70.9 Å². The third-order valence-corrected chi connectivity index (χ3v) is 8.96. The van der Waals surface area contributed by atoms with E-state index < -0.39 is 11.2 Å². The summed E-state index contributed by atoms with van der Waals surface area (Å²) in [6.07, 6.45) is 1.58. The molecule has 3 aromatic heterocycles. The average molecular weight is 759 g/mol. The Morgan fingerprint density at radius 2 is 1.68 bits per heavy atom. The van der Waals surface area contributed by atoms with Crippen molar-refractivity contribution in [1.29, 1.82) is 0 Å². The van der Waals surface area contributed by atoms with Gasteiger partial charge in [0, 0.05) is 42.9 Å². The van der Waals surface area contributed by atoms with Crippen LogP contribution in [0.1, 0.15) is 11.1 Å². The van der Waals surface area contributed by atoms with E-state index in [-0.39, 0.29) is 29.7 Å². The summed E-state index contributed by atoms with van der Waals surface area (Å²) in [7, 11) is 4.43. The molecule has 3 aromatic carbocycles. The van der Waals surface area contributed by atoms with Gasteiger partial charge < -0.3 is 24.4 Å². The fraction of sp³-hybridized carbons (Fsp3) is 0.229. The fourth-order valence-electron chi connectivity index (χ4n) is 5.61. The van der Waals surface area contributed by atoms with Gasteiger partial charge in [0.05, 0.1) is 33.1 Å². The van der Waals surface area contributed by atoms with Gasteiger partial charge in [-0.15, -0.1) is 0 Å².